The number of carboxylic acids is 3. The lowest BCUT2D eigenvalue weighted by molar-refractivity contribution is -0.141. The van der Waals surface area contributed by atoms with E-state index in [1.807, 2.05) is 6.07 Å². The molecule has 3 saturated heterocycles. The molecule has 11 nitrogen and oxygen atoms in total. The van der Waals surface area contributed by atoms with Crippen molar-refractivity contribution in [1.82, 2.24) is 14.7 Å². The first kappa shape index (κ1) is 35.4. The number of hydrogen-bond donors (Lipinski definition) is 4. The van der Waals surface area contributed by atoms with Crippen LogP contribution in [0.2, 0.25) is 0 Å². The largest absolute Gasteiger partial charge is 0.481 e. The number of aliphatic carboxylic acids is 3. The molecule has 3 aliphatic heterocycles. The van der Waals surface area contributed by atoms with Crippen LogP contribution in [0.3, 0.4) is 0 Å². The Morgan fingerprint density at radius 3 is 1.62 bits per heavy atom. The minimum atomic E-state index is -1.27. The molecule has 0 radical (unpaired) electrons. The van der Waals surface area contributed by atoms with Gasteiger partial charge in [0, 0.05) is 56.8 Å². The molecule has 0 spiro atoms. The van der Waals surface area contributed by atoms with E-state index in [4.69, 9.17) is 21.1 Å². The number of benzene rings is 2. The summed E-state index contributed by atoms with van der Waals surface area (Å²) < 4.78 is 0. The van der Waals surface area contributed by atoms with Crippen molar-refractivity contribution in [3.8, 4) is 0 Å². The van der Waals surface area contributed by atoms with Crippen molar-refractivity contribution in [3.05, 3.63) is 83.9 Å². The average Bonchev–Trinajstić information content (AvgIpc) is 3.42. The van der Waals surface area contributed by atoms with E-state index in [-0.39, 0.29) is 23.9 Å². The van der Waals surface area contributed by atoms with Crippen molar-refractivity contribution in [1.29, 1.82) is 0 Å². The zero-order chi connectivity index (χ0) is 32.8. The molecule has 5 rings (SSSR count). The summed E-state index contributed by atoms with van der Waals surface area (Å²) in [6.45, 7) is 9.64. The minimum Gasteiger partial charge on any atom is -0.481 e. The summed E-state index contributed by atoms with van der Waals surface area (Å²) >= 11 is 0. The Hall–Kier alpha value is -4.06. The molecule has 0 aliphatic carbocycles. The van der Waals surface area contributed by atoms with Gasteiger partial charge in [0.2, 0.25) is 5.91 Å². The van der Waals surface area contributed by atoms with Crippen LogP contribution in [-0.4, -0.2) is 98.6 Å². The number of nitrogens with two attached hydrogens (primary N) is 1. The number of piperidine rings is 2. The van der Waals surface area contributed by atoms with Gasteiger partial charge >= 0.3 is 17.9 Å². The Balaban J connectivity index is 0.000000206. The number of carbonyl (C=O) groups is 4. The fraction of sp³-hybridized carbons (Fsp3) is 0.471. The lowest BCUT2D eigenvalue weighted by atomic mass is 10.0. The van der Waals surface area contributed by atoms with Gasteiger partial charge in [0.05, 0.1) is 12.3 Å². The van der Waals surface area contributed by atoms with Crippen LogP contribution in [0.1, 0.15) is 49.7 Å². The van der Waals surface area contributed by atoms with Crippen LogP contribution < -0.4 is 5.73 Å². The van der Waals surface area contributed by atoms with Gasteiger partial charge in [-0.2, -0.15) is 0 Å². The number of likely N-dealkylation sites (tertiary alicyclic amines) is 3. The Morgan fingerprint density at radius 2 is 1.24 bits per heavy atom. The van der Waals surface area contributed by atoms with Crippen molar-refractivity contribution < 1.29 is 34.5 Å². The third-order valence-electron chi connectivity index (χ3n) is 8.30. The second kappa shape index (κ2) is 18.0. The minimum absolute atomic E-state index is 0.00825. The maximum atomic E-state index is 12.0. The normalized spacial score (nSPS) is 19.5. The molecule has 0 aromatic heterocycles. The van der Waals surface area contributed by atoms with Crippen LogP contribution in [0.5, 0.6) is 0 Å². The zero-order valence-corrected chi connectivity index (χ0v) is 25.8. The molecule has 3 aliphatic rings. The van der Waals surface area contributed by atoms with Crippen LogP contribution in [-0.2, 0) is 32.3 Å². The standard InChI is InChI=1S/C17H22N2O3.C12H18N2.C5H6O4/c20-16-10-14(17(21)22)12-19(16)15-6-8-18(9-7-15)11-13-4-2-1-3-5-13;13-12-6-8-14(9-7-12)10-11-4-2-1-3-5-11;1-3(5(8)9)2-4(6)7/h1-5,14-15H,6-12H2,(H,21,22);1-5,12H,6-10,13H2;1-2H2,(H,6,7)(H,8,9). The number of carbonyl (C=O) groups excluding carboxylic acids is 1. The second-order valence-electron chi connectivity index (χ2n) is 11.9. The van der Waals surface area contributed by atoms with Crippen LogP contribution in [0.4, 0.5) is 0 Å². The van der Waals surface area contributed by atoms with Crippen molar-refractivity contribution in [3.63, 3.8) is 0 Å². The van der Waals surface area contributed by atoms with Gasteiger partial charge in [0.15, 0.2) is 0 Å². The summed E-state index contributed by atoms with van der Waals surface area (Å²) in [4.78, 5) is 49.4. The third kappa shape index (κ3) is 12.5. The molecule has 1 unspecified atom stereocenters. The van der Waals surface area contributed by atoms with Gasteiger partial charge in [-0.05, 0) is 49.9 Å². The van der Waals surface area contributed by atoms with E-state index in [2.05, 4.69) is 71.0 Å². The molecular weight excluding hydrogens is 576 g/mol. The molecule has 0 bridgehead atoms. The highest BCUT2D eigenvalue weighted by molar-refractivity contribution is 5.91. The van der Waals surface area contributed by atoms with E-state index in [0.29, 0.717) is 12.6 Å². The first-order valence-electron chi connectivity index (χ1n) is 15.4. The summed E-state index contributed by atoms with van der Waals surface area (Å²) in [6.07, 6.45) is 3.82. The molecule has 11 heteroatoms. The highest BCUT2D eigenvalue weighted by Crippen LogP contribution is 2.26. The van der Waals surface area contributed by atoms with E-state index in [1.165, 1.54) is 11.1 Å². The fourth-order valence-electron chi connectivity index (χ4n) is 5.69. The van der Waals surface area contributed by atoms with E-state index in [9.17, 15) is 19.2 Å². The molecular formula is C34H46N4O7. The Morgan fingerprint density at radius 1 is 0.778 bits per heavy atom. The SMILES string of the molecule is C=C(CC(=O)O)C(=O)O.NC1CCN(Cc2ccccc2)CC1.O=C(O)C1CC(=O)N(C2CCN(Cc3ccccc3)CC2)C1. The van der Waals surface area contributed by atoms with E-state index in [0.717, 1.165) is 65.0 Å². The van der Waals surface area contributed by atoms with Crippen LogP contribution in [0.25, 0.3) is 0 Å². The monoisotopic (exact) mass is 622 g/mol. The van der Waals surface area contributed by atoms with Gasteiger partial charge in [-0.3, -0.25) is 24.2 Å². The van der Waals surface area contributed by atoms with Crippen molar-refractivity contribution in [2.24, 2.45) is 11.7 Å². The number of hydrogen-bond acceptors (Lipinski definition) is 7. The predicted molar refractivity (Wildman–Crippen MR) is 170 cm³/mol. The number of rotatable bonds is 9. The summed E-state index contributed by atoms with van der Waals surface area (Å²) in [5.41, 5.74) is 8.28. The predicted octanol–water partition coefficient (Wildman–Crippen LogP) is 3.30. The fourth-order valence-corrected chi connectivity index (χ4v) is 5.69. The molecule has 1 amide bonds. The van der Waals surface area contributed by atoms with Crippen molar-refractivity contribution >= 4 is 23.8 Å². The third-order valence-corrected chi connectivity index (χ3v) is 8.30. The summed E-state index contributed by atoms with van der Waals surface area (Å²) in [5, 5.41) is 25.1. The number of amides is 1. The highest BCUT2D eigenvalue weighted by Gasteiger charge is 2.38. The molecule has 1 atom stereocenters. The lowest BCUT2D eigenvalue weighted by Crippen LogP contribution is -2.45. The van der Waals surface area contributed by atoms with Crippen LogP contribution in [0, 0.1) is 5.92 Å². The molecule has 2 aromatic carbocycles. The van der Waals surface area contributed by atoms with Gasteiger partial charge in [0.25, 0.3) is 0 Å². The van der Waals surface area contributed by atoms with E-state index < -0.39 is 30.2 Å². The van der Waals surface area contributed by atoms with Gasteiger partial charge in [-0.25, -0.2) is 4.79 Å². The topological polar surface area (TPSA) is 165 Å². The first-order chi connectivity index (χ1) is 21.5. The Bertz CT molecular complexity index is 1260. The molecule has 244 valence electrons. The Kier molecular flexibility index (Phi) is 14.2. The lowest BCUT2D eigenvalue weighted by Gasteiger charge is -2.36. The van der Waals surface area contributed by atoms with Gasteiger partial charge in [0.1, 0.15) is 0 Å². The maximum absolute atomic E-state index is 12.0. The van der Waals surface area contributed by atoms with Crippen LogP contribution in [0.15, 0.2) is 72.8 Å². The number of carboxylic acid groups (broad SMARTS) is 3. The molecule has 3 fully saturated rings. The van der Waals surface area contributed by atoms with Gasteiger partial charge < -0.3 is 26.0 Å². The average molecular weight is 623 g/mol. The van der Waals surface area contributed by atoms with Gasteiger partial charge in [-0.1, -0.05) is 67.2 Å². The summed E-state index contributed by atoms with van der Waals surface area (Å²) in [5.74, 6) is -3.80. The quantitative estimate of drug-likeness (QED) is 0.305. The Labute approximate surface area is 264 Å². The smallest absolute Gasteiger partial charge is 0.331 e. The van der Waals surface area contributed by atoms with Crippen molar-refractivity contribution in [2.75, 3.05) is 32.7 Å². The highest BCUT2D eigenvalue weighted by atomic mass is 16.4. The van der Waals surface area contributed by atoms with E-state index >= 15 is 0 Å². The number of nitrogens with zero attached hydrogens (tertiary/aromatic N) is 3. The maximum Gasteiger partial charge on any atom is 0.331 e. The first-order valence-corrected chi connectivity index (χ1v) is 15.4. The zero-order valence-electron chi connectivity index (χ0n) is 25.8. The summed E-state index contributed by atoms with van der Waals surface area (Å²) in [6, 6.07) is 21.7. The summed E-state index contributed by atoms with van der Waals surface area (Å²) in [7, 11) is 0. The van der Waals surface area contributed by atoms with E-state index in [1.54, 1.807) is 4.90 Å². The second-order valence-corrected chi connectivity index (χ2v) is 11.9. The molecule has 3 heterocycles. The van der Waals surface area contributed by atoms with Crippen molar-refractivity contribution in [2.45, 2.75) is 63.7 Å². The molecule has 5 N–H and O–H groups in total. The molecule has 45 heavy (non-hydrogen) atoms. The van der Waals surface area contributed by atoms with Crippen LogP contribution >= 0.6 is 0 Å². The molecule has 2 aromatic rings. The van der Waals surface area contributed by atoms with Gasteiger partial charge in [-0.15, -0.1) is 0 Å². The molecule has 0 saturated carbocycles.